The molecule has 0 N–H and O–H groups in total. The molecule has 1 amide bonds. The van der Waals surface area contributed by atoms with Gasteiger partial charge in [0.15, 0.2) is 16.3 Å². The Bertz CT molecular complexity index is 974. The number of hydrogen-bond acceptors (Lipinski definition) is 5. The molecule has 1 aliphatic heterocycles. The minimum atomic E-state index is -0.399. The van der Waals surface area contributed by atoms with Crippen molar-refractivity contribution in [3.63, 3.8) is 0 Å². The van der Waals surface area contributed by atoms with Gasteiger partial charge >= 0.3 is 5.69 Å². The number of hydrogen-bond donors (Lipinski definition) is 0. The van der Waals surface area contributed by atoms with Crippen molar-refractivity contribution in [3.8, 4) is 0 Å². The summed E-state index contributed by atoms with van der Waals surface area (Å²) in [5, 5.41) is 0.614. The predicted molar refractivity (Wildman–Crippen MR) is 106 cm³/mol. The molecule has 2 aromatic rings. The van der Waals surface area contributed by atoms with E-state index in [0.717, 1.165) is 30.5 Å². The third-order valence-electron chi connectivity index (χ3n) is 5.09. The molecule has 2 aromatic heterocycles. The number of aromatic nitrogens is 4. The number of imidazole rings is 1. The Morgan fingerprint density at radius 2 is 2.00 bits per heavy atom. The Hall–Kier alpha value is -2.03. The highest BCUT2D eigenvalue weighted by Gasteiger charge is 2.23. The highest BCUT2D eigenvalue weighted by atomic mass is 32.2. The van der Waals surface area contributed by atoms with E-state index < -0.39 is 5.69 Å². The van der Waals surface area contributed by atoms with Gasteiger partial charge in [0.25, 0.3) is 5.56 Å². The van der Waals surface area contributed by atoms with Gasteiger partial charge in [-0.25, -0.2) is 9.78 Å². The Balaban J connectivity index is 1.92. The molecular weight excluding hydrogens is 366 g/mol. The van der Waals surface area contributed by atoms with Gasteiger partial charge in [0.2, 0.25) is 5.91 Å². The minimum absolute atomic E-state index is 0.100. The number of carbonyl (C=O) groups excluding carboxylic acids is 1. The first-order chi connectivity index (χ1) is 12.8. The molecule has 3 rings (SSSR count). The number of rotatable bonds is 5. The van der Waals surface area contributed by atoms with Crippen LogP contribution < -0.4 is 11.2 Å². The predicted octanol–water partition coefficient (Wildman–Crippen LogP) is 1.19. The summed E-state index contributed by atoms with van der Waals surface area (Å²) in [6.45, 7) is 6.42. The fraction of sp³-hybridized carbons (Fsp3) is 0.667. The topological polar surface area (TPSA) is 82.1 Å². The highest BCUT2D eigenvalue weighted by molar-refractivity contribution is 7.99. The molecule has 0 saturated carbocycles. The molecule has 8 nitrogen and oxygen atoms in total. The van der Waals surface area contributed by atoms with Crippen molar-refractivity contribution in [1.29, 1.82) is 0 Å². The van der Waals surface area contributed by atoms with Crippen LogP contribution in [-0.2, 0) is 25.4 Å². The number of fused-ring (bicyclic) bond motifs is 1. The van der Waals surface area contributed by atoms with E-state index in [0.29, 0.717) is 28.8 Å². The van der Waals surface area contributed by atoms with Crippen LogP contribution in [0.4, 0.5) is 0 Å². The van der Waals surface area contributed by atoms with Gasteiger partial charge in [-0.1, -0.05) is 25.6 Å². The largest absolute Gasteiger partial charge is 0.342 e. The van der Waals surface area contributed by atoms with Crippen LogP contribution in [0.15, 0.2) is 14.7 Å². The fourth-order valence-electron chi connectivity index (χ4n) is 3.60. The third-order valence-corrected chi connectivity index (χ3v) is 6.06. The normalized spacial score (nSPS) is 17.6. The molecule has 1 saturated heterocycles. The molecule has 9 heteroatoms. The Morgan fingerprint density at radius 1 is 1.26 bits per heavy atom. The van der Waals surface area contributed by atoms with Crippen molar-refractivity contribution in [2.24, 2.45) is 20.0 Å². The van der Waals surface area contributed by atoms with E-state index in [2.05, 4.69) is 11.9 Å². The van der Waals surface area contributed by atoms with Gasteiger partial charge in [-0.05, 0) is 25.2 Å². The summed E-state index contributed by atoms with van der Waals surface area (Å²) in [4.78, 5) is 43.9. The van der Waals surface area contributed by atoms with Gasteiger partial charge in [-0.2, -0.15) is 0 Å². The van der Waals surface area contributed by atoms with E-state index in [1.54, 1.807) is 7.05 Å². The average Bonchev–Trinajstić information content (AvgIpc) is 3.01. The number of nitrogens with zero attached hydrogens (tertiary/aromatic N) is 5. The number of amides is 1. The van der Waals surface area contributed by atoms with Gasteiger partial charge < -0.3 is 9.47 Å². The summed E-state index contributed by atoms with van der Waals surface area (Å²) in [7, 11) is 3.09. The second-order valence-corrected chi connectivity index (χ2v) is 8.24. The van der Waals surface area contributed by atoms with Gasteiger partial charge in [0, 0.05) is 33.7 Å². The van der Waals surface area contributed by atoms with E-state index in [4.69, 9.17) is 0 Å². The van der Waals surface area contributed by atoms with Crippen LogP contribution in [0, 0.1) is 5.92 Å². The average molecular weight is 394 g/mol. The number of aryl methyl sites for hydroxylation is 2. The van der Waals surface area contributed by atoms with Gasteiger partial charge in [0.05, 0.1) is 5.75 Å². The lowest BCUT2D eigenvalue weighted by atomic mass is 10.0. The van der Waals surface area contributed by atoms with Crippen molar-refractivity contribution >= 4 is 28.8 Å². The lowest BCUT2D eigenvalue weighted by Crippen LogP contribution is -2.40. The van der Waals surface area contributed by atoms with E-state index in [-0.39, 0.29) is 17.2 Å². The van der Waals surface area contributed by atoms with Crippen molar-refractivity contribution in [2.75, 3.05) is 18.8 Å². The van der Waals surface area contributed by atoms with Crippen LogP contribution in [0.25, 0.3) is 11.2 Å². The molecule has 148 valence electrons. The molecule has 0 radical (unpaired) electrons. The number of carbonyl (C=O) groups is 1. The second-order valence-electron chi connectivity index (χ2n) is 7.30. The quantitative estimate of drug-likeness (QED) is 0.713. The Kier molecular flexibility index (Phi) is 5.78. The van der Waals surface area contributed by atoms with Crippen LogP contribution in [0.1, 0.15) is 33.1 Å². The van der Waals surface area contributed by atoms with Crippen LogP contribution >= 0.6 is 11.8 Å². The second kappa shape index (κ2) is 7.92. The van der Waals surface area contributed by atoms with Crippen molar-refractivity contribution in [2.45, 2.75) is 44.8 Å². The van der Waals surface area contributed by atoms with Crippen molar-refractivity contribution in [1.82, 2.24) is 23.6 Å². The molecule has 27 heavy (non-hydrogen) atoms. The zero-order chi connectivity index (χ0) is 19.7. The van der Waals surface area contributed by atoms with Crippen molar-refractivity contribution < 1.29 is 4.79 Å². The molecule has 0 spiro atoms. The lowest BCUT2D eigenvalue weighted by Gasteiger charge is -2.30. The monoisotopic (exact) mass is 393 g/mol. The van der Waals surface area contributed by atoms with E-state index >= 15 is 0 Å². The fourth-order valence-corrected chi connectivity index (χ4v) is 4.53. The molecule has 0 aromatic carbocycles. The van der Waals surface area contributed by atoms with Gasteiger partial charge in [-0.3, -0.25) is 18.7 Å². The van der Waals surface area contributed by atoms with Crippen LogP contribution in [0.3, 0.4) is 0 Å². The molecule has 0 aliphatic carbocycles. The standard InChI is InChI=1S/C18H27N5O3S/c1-5-8-23-14-15(20(3)18(26)21(4)16(14)25)19-17(23)27-11-13(24)22-9-6-7-12(2)10-22/h12H,5-11H2,1-4H3. The Morgan fingerprint density at radius 3 is 2.67 bits per heavy atom. The summed E-state index contributed by atoms with van der Waals surface area (Å²) < 4.78 is 4.33. The maximum atomic E-state index is 12.6. The first-order valence-electron chi connectivity index (χ1n) is 9.42. The van der Waals surface area contributed by atoms with Crippen LogP contribution in [0.2, 0.25) is 0 Å². The molecular formula is C18H27N5O3S. The SMILES string of the molecule is CCCn1c(SCC(=O)N2CCCC(C)C2)nc2c1c(=O)n(C)c(=O)n2C. The zero-order valence-corrected chi connectivity index (χ0v) is 17.2. The lowest BCUT2D eigenvalue weighted by molar-refractivity contribution is -0.130. The van der Waals surface area contributed by atoms with Crippen LogP contribution in [0.5, 0.6) is 0 Å². The summed E-state index contributed by atoms with van der Waals surface area (Å²) in [6, 6.07) is 0. The van der Waals surface area contributed by atoms with Gasteiger partial charge in [-0.15, -0.1) is 0 Å². The summed E-state index contributed by atoms with van der Waals surface area (Å²) in [6.07, 6.45) is 3.03. The maximum absolute atomic E-state index is 12.6. The van der Waals surface area contributed by atoms with E-state index in [1.165, 1.54) is 29.8 Å². The third kappa shape index (κ3) is 3.69. The highest BCUT2D eigenvalue weighted by Crippen LogP contribution is 2.23. The molecule has 1 atom stereocenters. The molecule has 1 aliphatic rings. The first kappa shape index (κ1) is 19.7. The molecule has 3 heterocycles. The summed E-state index contributed by atoms with van der Waals surface area (Å²) >= 11 is 1.34. The van der Waals surface area contributed by atoms with Crippen LogP contribution in [-0.4, -0.2) is 48.3 Å². The summed E-state index contributed by atoms with van der Waals surface area (Å²) in [5.74, 6) is 0.923. The van der Waals surface area contributed by atoms with E-state index in [1.807, 2.05) is 16.4 Å². The number of thioether (sulfide) groups is 1. The van der Waals surface area contributed by atoms with Crippen molar-refractivity contribution in [3.05, 3.63) is 20.8 Å². The smallest absolute Gasteiger partial charge is 0.332 e. The number of piperidine rings is 1. The molecule has 1 unspecified atom stereocenters. The number of likely N-dealkylation sites (tertiary alicyclic amines) is 1. The molecule has 0 bridgehead atoms. The first-order valence-corrected chi connectivity index (χ1v) is 10.4. The molecule has 1 fully saturated rings. The summed E-state index contributed by atoms with van der Waals surface area (Å²) in [5.41, 5.74) is 0.0433. The zero-order valence-electron chi connectivity index (χ0n) is 16.4. The van der Waals surface area contributed by atoms with E-state index in [9.17, 15) is 14.4 Å². The Labute approximate surface area is 162 Å². The maximum Gasteiger partial charge on any atom is 0.332 e. The minimum Gasteiger partial charge on any atom is -0.342 e. The van der Waals surface area contributed by atoms with Gasteiger partial charge in [0.1, 0.15) is 0 Å².